The van der Waals surface area contributed by atoms with Crippen LogP contribution in [0.4, 0.5) is 4.39 Å². The smallest absolute Gasteiger partial charge is 0.261 e. The van der Waals surface area contributed by atoms with Crippen molar-refractivity contribution < 1.29 is 13.9 Å². The van der Waals surface area contributed by atoms with Crippen LogP contribution in [-0.4, -0.2) is 24.3 Å². The number of carbonyl (C=O) groups excluding carboxylic acids is 1. The molecule has 1 N–H and O–H groups in total. The second-order valence-electron chi connectivity index (χ2n) is 4.92. The van der Waals surface area contributed by atoms with Crippen molar-refractivity contribution in [1.29, 1.82) is 0 Å². The summed E-state index contributed by atoms with van der Waals surface area (Å²) in [5, 5.41) is 2.88. The Morgan fingerprint density at radius 1 is 1.17 bits per heavy atom. The lowest BCUT2D eigenvalue weighted by Crippen LogP contribution is -2.39. The van der Waals surface area contributed by atoms with Gasteiger partial charge in [-0.1, -0.05) is 25.1 Å². The Morgan fingerprint density at radius 3 is 2.52 bits per heavy atom. The monoisotopic (exact) mass is 333 g/mol. The third-order valence-electron chi connectivity index (χ3n) is 3.17. The average molecular weight is 333 g/mol. The summed E-state index contributed by atoms with van der Waals surface area (Å²) in [5.41, 5.74) is 0. The summed E-state index contributed by atoms with van der Waals surface area (Å²) < 4.78 is 18.5. The average Bonchev–Trinajstić information content (AvgIpc) is 2.59. The molecule has 0 aliphatic carbocycles. The summed E-state index contributed by atoms with van der Waals surface area (Å²) in [6.45, 7) is 2.45. The number of rotatable bonds is 8. The number of benzene rings is 2. The lowest BCUT2D eigenvalue weighted by molar-refractivity contribution is -0.127. The Bertz CT molecular complexity index is 604. The highest BCUT2D eigenvalue weighted by molar-refractivity contribution is 7.99. The second kappa shape index (κ2) is 9.20. The van der Waals surface area contributed by atoms with E-state index in [-0.39, 0.29) is 11.7 Å². The maximum absolute atomic E-state index is 12.9. The van der Waals surface area contributed by atoms with Gasteiger partial charge in [0.1, 0.15) is 11.6 Å². The molecule has 0 bridgehead atoms. The molecule has 0 aliphatic rings. The molecule has 0 spiro atoms. The number of thioether (sulfide) groups is 1. The summed E-state index contributed by atoms with van der Waals surface area (Å²) in [6, 6.07) is 15.7. The predicted octanol–water partition coefficient (Wildman–Crippen LogP) is 3.89. The van der Waals surface area contributed by atoms with Gasteiger partial charge < -0.3 is 10.1 Å². The van der Waals surface area contributed by atoms with Crippen molar-refractivity contribution in [3.63, 3.8) is 0 Å². The topological polar surface area (TPSA) is 38.3 Å². The summed E-state index contributed by atoms with van der Waals surface area (Å²) >= 11 is 1.69. The molecule has 2 rings (SSSR count). The van der Waals surface area contributed by atoms with Crippen LogP contribution < -0.4 is 10.1 Å². The number of hydrogen-bond donors (Lipinski definition) is 1. The van der Waals surface area contributed by atoms with E-state index in [1.807, 2.05) is 37.3 Å². The minimum absolute atomic E-state index is 0.148. The highest BCUT2D eigenvalue weighted by atomic mass is 32.2. The highest BCUT2D eigenvalue weighted by Crippen LogP contribution is 2.16. The molecule has 2 aromatic carbocycles. The van der Waals surface area contributed by atoms with Crippen molar-refractivity contribution in [3.8, 4) is 5.75 Å². The third-order valence-corrected chi connectivity index (χ3v) is 4.18. The fraction of sp³-hybridized carbons (Fsp3) is 0.278. The van der Waals surface area contributed by atoms with E-state index in [0.29, 0.717) is 18.7 Å². The Balaban J connectivity index is 1.75. The van der Waals surface area contributed by atoms with E-state index in [0.717, 1.165) is 5.75 Å². The van der Waals surface area contributed by atoms with Crippen molar-refractivity contribution in [3.05, 3.63) is 60.4 Å². The third kappa shape index (κ3) is 5.94. The molecular formula is C18H20FNO2S. The molecule has 2 aromatic rings. The molecule has 122 valence electrons. The van der Waals surface area contributed by atoms with E-state index in [4.69, 9.17) is 4.74 Å². The van der Waals surface area contributed by atoms with Crippen LogP contribution in [0.2, 0.25) is 0 Å². The van der Waals surface area contributed by atoms with Crippen molar-refractivity contribution in [2.45, 2.75) is 24.3 Å². The number of hydrogen-bond acceptors (Lipinski definition) is 3. The lowest BCUT2D eigenvalue weighted by Gasteiger charge is -2.17. The molecule has 0 heterocycles. The molecule has 5 heteroatoms. The van der Waals surface area contributed by atoms with Gasteiger partial charge in [0.15, 0.2) is 6.10 Å². The molecule has 1 atom stereocenters. The molecule has 0 saturated carbocycles. The van der Waals surface area contributed by atoms with Gasteiger partial charge in [-0.2, -0.15) is 0 Å². The maximum Gasteiger partial charge on any atom is 0.261 e. The molecule has 1 amide bonds. The minimum atomic E-state index is -0.567. The Kier molecular flexibility index (Phi) is 6.94. The first-order chi connectivity index (χ1) is 11.2. The zero-order chi connectivity index (χ0) is 16.5. The SMILES string of the molecule is CCC(Oc1ccc(F)cc1)C(=O)NCCSc1ccccc1. The summed E-state index contributed by atoms with van der Waals surface area (Å²) in [6.07, 6.45) is -0.0168. The maximum atomic E-state index is 12.9. The van der Waals surface area contributed by atoms with Crippen LogP contribution in [-0.2, 0) is 4.79 Å². The van der Waals surface area contributed by atoms with E-state index in [2.05, 4.69) is 5.32 Å². The summed E-state index contributed by atoms with van der Waals surface area (Å²) in [5.74, 6) is 0.813. The zero-order valence-electron chi connectivity index (χ0n) is 13.0. The van der Waals surface area contributed by atoms with Crippen LogP contribution in [0.3, 0.4) is 0 Å². The van der Waals surface area contributed by atoms with Crippen molar-refractivity contribution >= 4 is 17.7 Å². The fourth-order valence-electron chi connectivity index (χ4n) is 1.97. The van der Waals surface area contributed by atoms with E-state index in [1.54, 1.807) is 11.8 Å². The quantitative estimate of drug-likeness (QED) is 0.588. The van der Waals surface area contributed by atoms with Gasteiger partial charge in [0.25, 0.3) is 5.91 Å². The van der Waals surface area contributed by atoms with Gasteiger partial charge in [0, 0.05) is 17.2 Å². The molecule has 0 saturated heterocycles. The van der Waals surface area contributed by atoms with Gasteiger partial charge in [-0.3, -0.25) is 4.79 Å². The van der Waals surface area contributed by atoms with Gasteiger partial charge in [-0.05, 0) is 42.8 Å². The first kappa shape index (κ1) is 17.3. The van der Waals surface area contributed by atoms with Gasteiger partial charge in [-0.15, -0.1) is 11.8 Å². The van der Waals surface area contributed by atoms with Gasteiger partial charge in [0.05, 0.1) is 0 Å². The molecular weight excluding hydrogens is 313 g/mol. The molecule has 0 fully saturated rings. The minimum Gasteiger partial charge on any atom is -0.481 e. The van der Waals surface area contributed by atoms with Crippen molar-refractivity contribution in [1.82, 2.24) is 5.32 Å². The molecule has 0 aliphatic heterocycles. The van der Waals surface area contributed by atoms with Gasteiger partial charge >= 0.3 is 0 Å². The van der Waals surface area contributed by atoms with Gasteiger partial charge in [0.2, 0.25) is 0 Å². The zero-order valence-corrected chi connectivity index (χ0v) is 13.8. The highest BCUT2D eigenvalue weighted by Gasteiger charge is 2.17. The van der Waals surface area contributed by atoms with Crippen LogP contribution in [0.1, 0.15) is 13.3 Å². The normalized spacial score (nSPS) is 11.7. The Morgan fingerprint density at radius 2 is 1.87 bits per heavy atom. The van der Waals surface area contributed by atoms with E-state index >= 15 is 0 Å². The van der Waals surface area contributed by atoms with Crippen LogP contribution >= 0.6 is 11.8 Å². The van der Waals surface area contributed by atoms with Crippen molar-refractivity contribution in [2.75, 3.05) is 12.3 Å². The Labute approximate surface area is 140 Å². The van der Waals surface area contributed by atoms with Crippen LogP contribution in [0, 0.1) is 5.82 Å². The van der Waals surface area contributed by atoms with Crippen LogP contribution in [0.15, 0.2) is 59.5 Å². The number of halogens is 1. The van der Waals surface area contributed by atoms with E-state index in [9.17, 15) is 9.18 Å². The van der Waals surface area contributed by atoms with Crippen molar-refractivity contribution in [2.24, 2.45) is 0 Å². The summed E-state index contributed by atoms with van der Waals surface area (Å²) in [7, 11) is 0. The fourth-order valence-corrected chi connectivity index (χ4v) is 2.76. The number of nitrogens with one attached hydrogen (secondary N) is 1. The standard InChI is InChI=1S/C18H20FNO2S/c1-2-17(22-15-10-8-14(19)9-11-15)18(21)20-12-13-23-16-6-4-3-5-7-16/h3-11,17H,2,12-13H2,1H3,(H,20,21). The van der Waals surface area contributed by atoms with Gasteiger partial charge in [-0.25, -0.2) is 4.39 Å². The van der Waals surface area contributed by atoms with E-state index in [1.165, 1.54) is 29.2 Å². The van der Waals surface area contributed by atoms with E-state index < -0.39 is 6.10 Å². The predicted molar refractivity (Wildman–Crippen MR) is 91.3 cm³/mol. The lowest BCUT2D eigenvalue weighted by atomic mass is 10.2. The molecule has 23 heavy (non-hydrogen) atoms. The number of carbonyl (C=O) groups is 1. The first-order valence-electron chi connectivity index (χ1n) is 7.57. The molecule has 0 radical (unpaired) electrons. The first-order valence-corrected chi connectivity index (χ1v) is 8.55. The largest absolute Gasteiger partial charge is 0.481 e. The number of amides is 1. The molecule has 3 nitrogen and oxygen atoms in total. The molecule has 0 aromatic heterocycles. The molecule has 1 unspecified atom stereocenters. The van der Waals surface area contributed by atoms with Crippen LogP contribution in [0.5, 0.6) is 5.75 Å². The summed E-state index contributed by atoms with van der Waals surface area (Å²) in [4.78, 5) is 13.3. The number of ether oxygens (including phenoxy) is 1. The second-order valence-corrected chi connectivity index (χ2v) is 6.09. The Hall–Kier alpha value is -2.01. The van der Waals surface area contributed by atoms with Crippen LogP contribution in [0.25, 0.3) is 0 Å².